The van der Waals surface area contributed by atoms with Crippen molar-refractivity contribution in [2.45, 2.75) is 51.1 Å². The number of ether oxygens (including phenoxy) is 1. The number of alkyl halides is 2. The van der Waals surface area contributed by atoms with Crippen molar-refractivity contribution < 1.29 is 13.5 Å². The van der Waals surface area contributed by atoms with Crippen LogP contribution in [0.15, 0.2) is 4.99 Å². The third kappa shape index (κ3) is 4.58. The normalized spacial score (nSPS) is 31.9. The van der Waals surface area contributed by atoms with Gasteiger partial charge in [0.1, 0.15) is 0 Å². The molecular weight excluding hydrogens is 264 g/mol. The standard InChI is InChI=1S/C14H25F2N3O/c1-11-10-19(6-7-20-11)13(17)18-9-12-4-2-3-5-14(15,16)8-12/h11-12H,2-10H2,1H3,(H2,17,18). The lowest BCUT2D eigenvalue weighted by Gasteiger charge is -2.32. The summed E-state index contributed by atoms with van der Waals surface area (Å²) in [6.45, 7) is 4.48. The van der Waals surface area contributed by atoms with Crippen molar-refractivity contribution in [3.63, 3.8) is 0 Å². The van der Waals surface area contributed by atoms with E-state index in [2.05, 4.69) is 4.99 Å². The summed E-state index contributed by atoms with van der Waals surface area (Å²) in [5.41, 5.74) is 5.97. The van der Waals surface area contributed by atoms with E-state index >= 15 is 0 Å². The van der Waals surface area contributed by atoms with Gasteiger partial charge in [-0.3, -0.25) is 4.99 Å². The highest BCUT2D eigenvalue weighted by molar-refractivity contribution is 5.78. The molecule has 2 fully saturated rings. The second kappa shape index (κ2) is 6.70. The van der Waals surface area contributed by atoms with Crippen LogP contribution in [0.4, 0.5) is 8.78 Å². The lowest BCUT2D eigenvalue weighted by molar-refractivity contribution is -0.0241. The third-order valence-electron chi connectivity index (χ3n) is 4.07. The van der Waals surface area contributed by atoms with Crippen LogP contribution in [0.3, 0.4) is 0 Å². The summed E-state index contributed by atoms with van der Waals surface area (Å²) >= 11 is 0. The van der Waals surface area contributed by atoms with Gasteiger partial charge in [0.2, 0.25) is 5.92 Å². The van der Waals surface area contributed by atoms with Gasteiger partial charge in [-0.05, 0) is 25.7 Å². The highest BCUT2D eigenvalue weighted by Gasteiger charge is 2.34. The monoisotopic (exact) mass is 289 g/mol. The van der Waals surface area contributed by atoms with Crippen LogP contribution in [-0.2, 0) is 4.74 Å². The Morgan fingerprint density at radius 3 is 3.00 bits per heavy atom. The van der Waals surface area contributed by atoms with Crippen LogP contribution in [0.25, 0.3) is 0 Å². The van der Waals surface area contributed by atoms with E-state index < -0.39 is 5.92 Å². The molecule has 0 amide bonds. The van der Waals surface area contributed by atoms with E-state index in [0.29, 0.717) is 25.5 Å². The van der Waals surface area contributed by atoms with Gasteiger partial charge in [0.25, 0.3) is 0 Å². The van der Waals surface area contributed by atoms with Gasteiger partial charge >= 0.3 is 0 Å². The number of hydrogen-bond acceptors (Lipinski definition) is 2. The Bertz CT molecular complexity index is 349. The Labute approximate surface area is 119 Å². The maximum atomic E-state index is 13.5. The van der Waals surface area contributed by atoms with Gasteiger partial charge in [-0.2, -0.15) is 0 Å². The van der Waals surface area contributed by atoms with E-state index in [-0.39, 0.29) is 24.9 Å². The molecule has 0 aromatic carbocycles. The molecule has 0 radical (unpaired) electrons. The number of halogens is 2. The molecule has 2 aliphatic rings. The lowest BCUT2D eigenvalue weighted by Crippen LogP contribution is -2.48. The van der Waals surface area contributed by atoms with E-state index in [4.69, 9.17) is 10.5 Å². The fourth-order valence-electron chi connectivity index (χ4n) is 2.95. The van der Waals surface area contributed by atoms with Crippen molar-refractivity contribution in [1.29, 1.82) is 0 Å². The first kappa shape index (κ1) is 15.5. The molecule has 4 nitrogen and oxygen atoms in total. The minimum atomic E-state index is -2.53. The second-order valence-corrected chi connectivity index (χ2v) is 6.00. The zero-order valence-electron chi connectivity index (χ0n) is 12.2. The van der Waals surface area contributed by atoms with Gasteiger partial charge in [0.15, 0.2) is 5.96 Å². The van der Waals surface area contributed by atoms with E-state index in [1.54, 1.807) is 0 Å². The predicted octanol–water partition coefficient (Wildman–Crippen LogP) is 2.24. The highest BCUT2D eigenvalue weighted by Crippen LogP contribution is 2.35. The quantitative estimate of drug-likeness (QED) is 0.482. The number of guanidine groups is 1. The minimum absolute atomic E-state index is 0.0175. The highest BCUT2D eigenvalue weighted by atomic mass is 19.3. The van der Waals surface area contributed by atoms with Gasteiger partial charge in [-0.25, -0.2) is 8.78 Å². The molecule has 2 atom stereocenters. The Morgan fingerprint density at radius 1 is 1.45 bits per heavy atom. The second-order valence-electron chi connectivity index (χ2n) is 6.00. The van der Waals surface area contributed by atoms with Crippen molar-refractivity contribution >= 4 is 5.96 Å². The summed E-state index contributed by atoms with van der Waals surface area (Å²) in [6.07, 6.45) is 2.41. The Hall–Kier alpha value is -0.910. The first-order chi connectivity index (χ1) is 9.46. The van der Waals surface area contributed by atoms with Gasteiger partial charge in [-0.1, -0.05) is 6.42 Å². The number of morpholine rings is 1. The molecule has 0 aromatic rings. The number of nitrogens with two attached hydrogens (primary N) is 1. The lowest BCUT2D eigenvalue weighted by atomic mass is 9.99. The molecule has 0 bridgehead atoms. The summed E-state index contributed by atoms with van der Waals surface area (Å²) in [6, 6.07) is 0. The summed E-state index contributed by atoms with van der Waals surface area (Å²) in [4.78, 5) is 6.32. The van der Waals surface area contributed by atoms with Crippen molar-refractivity contribution in [3.05, 3.63) is 0 Å². The van der Waals surface area contributed by atoms with Crippen LogP contribution in [0, 0.1) is 5.92 Å². The molecule has 6 heteroatoms. The van der Waals surface area contributed by atoms with Gasteiger partial charge < -0.3 is 15.4 Å². The molecular formula is C14H25F2N3O. The van der Waals surface area contributed by atoms with Gasteiger partial charge in [0.05, 0.1) is 12.7 Å². The van der Waals surface area contributed by atoms with Crippen LogP contribution in [-0.4, -0.2) is 49.1 Å². The average molecular weight is 289 g/mol. The zero-order valence-corrected chi connectivity index (χ0v) is 12.2. The van der Waals surface area contributed by atoms with E-state index in [1.807, 2.05) is 11.8 Å². The maximum absolute atomic E-state index is 13.5. The molecule has 0 spiro atoms. The van der Waals surface area contributed by atoms with Crippen molar-refractivity contribution in [1.82, 2.24) is 4.90 Å². The molecule has 2 unspecified atom stereocenters. The van der Waals surface area contributed by atoms with Crippen LogP contribution < -0.4 is 5.73 Å². The summed E-state index contributed by atoms with van der Waals surface area (Å²) in [5.74, 6) is -2.11. The molecule has 1 saturated carbocycles. The van der Waals surface area contributed by atoms with E-state index in [9.17, 15) is 8.78 Å². The Balaban J connectivity index is 1.87. The fourth-order valence-corrected chi connectivity index (χ4v) is 2.95. The fraction of sp³-hybridized carbons (Fsp3) is 0.929. The SMILES string of the molecule is CC1CN(C(N)=NCC2CCCCC(F)(F)C2)CCO1. The van der Waals surface area contributed by atoms with Crippen molar-refractivity contribution in [3.8, 4) is 0 Å². The predicted molar refractivity (Wildman–Crippen MR) is 75.0 cm³/mol. The van der Waals surface area contributed by atoms with Crippen molar-refractivity contribution in [2.75, 3.05) is 26.2 Å². The smallest absolute Gasteiger partial charge is 0.248 e. The molecule has 20 heavy (non-hydrogen) atoms. The third-order valence-corrected chi connectivity index (χ3v) is 4.07. The molecule has 0 aromatic heterocycles. The number of rotatable bonds is 2. The van der Waals surface area contributed by atoms with Crippen LogP contribution in [0.1, 0.15) is 39.0 Å². The summed E-state index contributed by atoms with van der Waals surface area (Å²) in [5, 5.41) is 0. The van der Waals surface area contributed by atoms with Crippen molar-refractivity contribution in [2.24, 2.45) is 16.6 Å². The van der Waals surface area contributed by atoms with Crippen LogP contribution in [0.5, 0.6) is 0 Å². The minimum Gasteiger partial charge on any atom is -0.375 e. The van der Waals surface area contributed by atoms with Crippen LogP contribution >= 0.6 is 0 Å². The number of hydrogen-bond donors (Lipinski definition) is 1. The van der Waals surface area contributed by atoms with E-state index in [0.717, 1.165) is 25.9 Å². The first-order valence-corrected chi connectivity index (χ1v) is 7.50. The molecule has 1 saturated heterocycles. The molecule has 2 rings (SSSR count). The van der Waals surface area contributed by atoms with E-state index in [1.165, 1.54) is 0 Å². The number of nitrogens with zero attached hydrogens (tertiary/aromatic N) is 2. The first-order valence-electron chi connectivity index (χ1n) is 7.50. The zero-order chi connectivity index (χ0) is 14.6. The molecule has 1 aliphatic carbocycles. The summed E-state index contributed by atoms with van der Waals surface area (Å²) < 4.78 is 32.5. The topological polar surface area (TPSA) is 50.8 Å². The van der Waals surface area contributed by atoms with Gasteiger partial charge in [-0.15, -0.1) is 0 Å². The maximum Gasteiger partial charge on any atom is 0.248 e. The van der Waals surface area contributed by atoms with Gasteiger partial charge in [0, 0.05) is 32.5 Å². The molecule has 116 valence electrons. The molecule has 1 aliphatic heterocycles. The average Bonchev–Trinajstić information content (AvgIpc) is 2.56. The summed E-state index contributed by atoms with van der Waals surface area (Å²) in [7, 11) is 0. The van der Waals surface area contributed by atoms with Crippen LogP contribution in [0.2, 0.25) is 0 Å². The molecule has 2 N–H and O–H groups in total. The Morgan fingerprint density at radius 2 is 2.25 bits per heavy atom. The molecule has 1 heterocycles. The largest absolute Gasteiger partial charge is 0.375 e. The Kier molecular flexibility index (Phi) is 5.18. The number of aliphatic imine (C=N–C) groups is 1.